The number of nitrogens with zero attached hydrogens (tertiary/aromatic N) is 4. The van der Waals surface area contributed by atoms with Crippen LogP contribution in [0.5, 0.6) is 11.5 Å². The lowest BCUT2D eigenvalue weighted by molar-refractivity contribution is 0.491. The fourth-order valence-electron chi connectivity index (χ4n) is 7.82. The van der Waals surface area contributed by atoms with Crippen LogP contribution in [0.1, 0.15) is 0 Å². The van der Waals surface area contributed by atoms with Crippen LogP contribution in [0.15, 0.2) is 182 Å². The summed E-state index contributed by atoms with van der Waals surface area (Å²) in [6.07, 6.45) is 0. The van der Waals surface area contributed by atoms with E-state index in [0.717, 1.165) is 44.4 Å². The van der Waals surface area contributed by atoms with Gasteiger partial charge in [-0.1, -0.05) is 170 Å². The van der Waals surface area contributed by atoms with Gasteiger partial charge in [-0.25, -0.2) is 4.98 Å². The molecule has 240 valence electrons. The minimum Gasteiger partial charge on any atom is -0.455 e. The van der Waals surface area contributed by atoms with Crippen LogP contribution in [0.3, 0.4) is 0 Å². The van der Waals surface area contributed by atoms with Crippen LogP contribution in [0, 0.1) is 0 Å². The zero-order chi connectivity index (χ0) is 33.8. The van der Waals surface area contributed by atoms with Crippen molar-refractivity contribution in [2.24, 2.45) is 0 Å². The second-order valence-corrected chi connectivity index (χ2v) is 16.5. The fraction of sp³-hybridized carbons (Fsp3) is 0. The number of benzene rings is 7. The Hall–Kier alpha value is -6.63. The number of fused-ring (bicyclic) bond motifs is 6. The number of hydrogen-bond donors (Lipinski definition) is 0. The van der Waals surface area contributed by atoms with E-state index >= 15 is 0 Å². The van der Waals surface area contributed by atoms with E-state index in [9.17, 15) is 0 Å². The maximum Gasteiger partial charge on any atom is 0.238 e. The summed E-state index contributed by atoms with van der Waals surface area (Å²) in [6.45, 7) is 0. The predicted octanol–water partition coefficient (Wildman–Crippen LogP) is 7.79. The third kappa shape index (κ3) is 4.50. The molecule has 0 aliphatic carbocycles. The molecule has 0 unspecified atom stereocenters. The van der Waals surface area contributed by atoms with Crippen molar-refractivity contribution in [3.8, 4) is 40.2 Å². The maximum absolute atomic E-state index is 7.15. The predicted molar refractivity (Wildman–Crippen MR) is 209 cm³/mol. The lowest BCUT2D eigenvalue weighted by Gasteiger charge is -2.39. The summed E-state index contributed by atoms with van der Waals surface area (Å²) in [6, 6.07) is 63.8. The van der Waals surface area contributed by atoms with Gasteiger partial charge in [0.05, 0.1) is 11.0 Å². The summed E-state index contributed by atoms with van der Waals surface area (Å²) in [5, 5.41) is 7.20. The van der Waals surface area contributed by atoms with E-state index in [0.29, 0.717) is 17.6 Å². The molecule has 0 radical (unpaired) electrons. The van der Waals surface area contributed by atoms with Gasteiger partial charge in [-0.3, -0.25) is 4.57 Å². The second kappa shape index (κ2) is 11.8. The Kier molecular flexibility index (Phi) is 6.75. The van der Waals surface area contributed by atoms with Crippen LogP contribution in [-0.4, -0.2) is 27.6 Å². The van der Waals surface area contributed by atoms with Crippen LogP contribution in [0.4, 0.5) is 0 Å². The standard InChI is InChI=1S/C45H30N4OSi/c1-5-17-31(18-6-1)43-46-44(32-19-7-2-8-20-32)48-45(47-43)49-37-26-14-13-25-35(37)36-29-30-40-42(41(36)49)50-38-27-15-16-28-39(38)51(40,33-21-9-3-10-22-33)34-23-11-4-12-24-34/h1-30H. The molecule has 7 aromatic carbocycles. The van der Waals surface area contributed by atoms with Crippen LogP contribution in [0.2, 0.25) is 0 Å². The van der Waals surface area contributed by atoms with Gasteiger partial charge in [0.15, 0.2) is 25.5 Å². The van der Waals surface area contributed by atoms with Gasteiger partial charge in [-0.15, -0.1) is 0 Å². The topological polar surface area (TPSA) is 52.8 Å². The second-order valence-electron chi connectivity index (χ2n) is 12.8. The van der Waals surface area contributed by atoms with E-state index in [-0.39, 0.29) is 0 Å². The zero-order valence-electron chi connectivity index (χ0n) is 27.5. The van der Waals surface area contributed by atoms with Crippen LogP contribution in [-0.2, 0) is 0 Å². The molecule has 0 bridgehead atoms. The molecule has 6 heteroatoms. The molecule has 0 N–H and O–H groups in total. The van der Waals surface area contributed by atoms with Gasteiger partial charge < -0.3 is 4.74 Å². The minimum atomic E-state index is -2.88. The highest BCUT2D eigenvalue weighted by molar-refractivity contribution is 7.20. The van der Waals surface area contributed by atoms with E-state index in [1.165, 1.54) is 20.7 Å². The highest BCUT2D eigenvalue weighted by Crippen LogP contribution is 2.41. The molecule has 0 saturated carbocycles. The van der Waals surface area contributed by atoms with Crippen LogP contribution >= 0.6 is 0 Å². The molecule has 0 amide bonds. The summed E-state index contributed by atoms with van der Waals surface area (Å²) in [7, 11) is -2.88. The first kappa shape index (κ1) is 29.3. The zero-order valence-corrected chi connectivity index (χ0v) is 28.5. The van der Waals surface area contributed by atoms with E-state index in [1.54, 1.807) is 0 Å². The third-order valence-electron chi connectivity index (χ3n) is 10.00. The van der Waals surface area contributed by atoms with Crippen LogP contribution in [0.25, 0.3) is 50.5 Å². The molecule has 0 spiro atoms. The summed E-state index contributed by atoms with van der Waals surface area (Å²) < 4.78 is 9.34. The molecule has 3 heterocycles. The number of ether oxygens (including phenoxy) is 1. The fourth-order valence-corrected chi connectivity index (χ4v) is 12.8. The Morgan fingerprint density at radius 3 is 1.59 bits per heavy atom. The Balaban J connectivity index is 1.36. The van der Waals surface area contributed by atoms with Crippen molar-refractivity contribution in [2.45, 2.75) is 0 Å². The van der Waals surface area contributed by atoms with E-state index in [2.05, 4.69) is 126 Å². The van der Waals surface area contributed by atoms with Crippen LogP contribution < -0.4 is 25.5 Å². The maximum atomic E-state index is 7.15. The summed E-state index contributed by atoms with van der Waals surface area (Å²) in [5.41, 5.74) is 3.78. The van der Waals surface area contributed by atoms with Gasteiger partial charge in [-0.05, 0) is 32.9 Å². The number of hydrogen-bond acceptors (Lipinski definition) is 4. The first-order chi connectivity index (χ1) is 25.3. The number of aromatic nitrogens is 4. The summed E-state index contributed by atoms with van der Waals surface area (Å²) in [5.74, 6) is 3.47. The highest BCUT2D eigenvalue weighted by Gasteiger charge is 2.48. The smallest absolute Gasteiger partial charge is 0.238 e. The van der Waals surface area contributed by atoms with Gasteiger partial charge in [-0.2, -0.15) is 9.97 Å². The summed E-state index contributed by atoms with van der Waals surface area (Å²) >= 11 is 0. The molecule has 2 aromatic heterocycles. The Labute approximate surface area is 296 Å². The van der Waals surface area contributed by atoms with Crippen molar-refractivity contribution < 1.29 is 4.74 Å². The number of para-hydroxylation sites is 2. The monoisotopic (exact) mass is 670 g/mol. The van der Waals surface area contributed by atoms with Gasteiger partial charge in [0.2, 0.25) is 5.95 Å². The Morgan fingerprint density at radius 1 is 0.431 bits per heavy atom. The van der Waals surface area contributed by atoms with Gasteiger partial charge in [0.1, 0.15) is 5.75 Å². The molecular formula is C45H30N4OSi. The summed E-state index contributed by atoms with van der Waals surface area (Å²) in [4.78, 5) is 15.4. The van der Waals surface area contributed by atoms with Crippen molar-refractivity contribution in [1.82, 2.24) is 19.5 Å². The quantitative estimate of drug-likeness (QED) is 0.176. The average Bonchev–Trinajstić information content (AvgIpc) is 3.56. The molecule has 1 aliphatic heterocycles. The van der Waals surface area contributed by atoms with Crippen molar-refractivity contribution >= 4 is 50.6 Å². The van der Waals surface area contributed by atoms with Crippen molar-refractivity contribution in [2.75, 3.05) is 0 Å². The molecule has 51 heavy (non-hydrogen) atoms. The molecule has 5 nitrogen and oxygen atoms in total. The lowest BCUT2D eigenvalue weighted by Crippen LogP contribution is -2.76. The third-order valence-corrected chi connectivity index (χ3v) is 14.8. The first-order valence-corrected chi connectivity index (χ1v) is 19.1. The van der Waals surface area contributed by atoms with Crippen molar-refractivity contribution in [1.29, 1.82) is 0 Å². The Bertz CT molecular complexity index is 2620. The van der Waals surface area contributed by atoms with Gasteiger partial charge in [0.25, 0.3) is 0 Å². The van der Waals surface area contributed by atoms with Gasteiger partial charge in [0, 0.05) is 21.9 Å². The van der Waals surface area contributed by atoms with Crippen molar-refractivity contribution in [3.63, 3.8) is 0 Å². The molecule has 9 aromatic rings. The van der Waals surface area contributed by atoms with Gasteiger partial charge >= 0.3 is 0 Å². The molecule has 0 atom stereocenters. The lowest BCUT2D eigenvalue weighted by atomic mass is 10.1. The van der Waals surface area contributed by atoms with Crippen molar-refractivity contribution in [3.05, 3.63) is 182 Å². The normalized spacial score (nSPS) is 13.0. The van der Waals surface area contributed by atoms with E-state index < -0.39 is 8.07 Å². The molecular weight excluding hydrogens is 641 g/mol. The molecule has 10 rings (SSSR count). The Morgan fingerprint density at radius 2 is 0.961 bits per heavy atom. The first-order valence-electron chi connectivity index (χ1n) is 17.1. The van der Waals surface area contributed by atoms with E-state index in [1.807, 2.05) is 60.7 Å². The number of rotatable bonds is 5. The SMILES string of the molecule is c1ccc(-c2nc(-c3ccccc3)nc(-n3c4ccccc4c4ccc5c(c43)Oc3ccccc3[Si]5(c3ccccc3)c3ccccc3)n2)cc1. The minimum absolute atomic E-state index is 0.538. The molecule has 0 fully saturated rings. The molecule has 0 saturated heterocycles. The largest absolute Gasteiger partial charge is 0.455 e. The highest BCUT2D eigenvalue weighted by atomic mass is 28.3. The molecule has 1 aliphatic rings. The van der Waals surface area contributed by atoms with E-state index in [4.69, 9.17) is 19.7 Å². The average molecular weight is 671 g/mol.